The highest BCUT2D eigenvalue weighted by atomic mass is 35.5. The second kappa shape index (κ2) is 4.42. The van der Waals surface area contributed by atoms with Crippen molar-refractivity contribution in [1.82, 2.24) is 10.2 Å². The Morgan fingerprint density at radius 2 is 2.00 bits per heavy atom. The van der Waals surface area contributed by atoms with Gasteiger partial charge in [0.1, 0.15) is 11.7 Å². The minimum Gasteiger partial charge on any atom is -0.316 e. The van der Waals surface area contributed by atoms with Gasteiger partial charge in [0.25, 0.3) is 6.43 Å². The molecule has 6 heteroatoms. The van der Waals surface area contributed by atoms with E-state index in [-0.39, 0.29) is 5.91 Å². The van der Waals surface area contributed by atoms with Crippen molar-refractivity contribution in [3.05, 3.63) is 34.9 Å². The Bertz CT molecular complexity index is 502. The molecule has 102 valence electrons. The molecule has 1 aromatic rings. The van der Waals surface area contributed by atoms with Crippen LogP contribution < -0.4 is 5.32 Å². The van der Waals surface area contributed by atoms with Crippen molar-refractivity contribution < 1.29 is 13.6 Å². The first-order valence-electron chi connectivity index (χ1n) is 6.14. The summed E-state index contributed by atoms with van der Waals surface area (Å²) in [6.45, 7) is -0.541. The molecular formula is C13H13ClF2N2O. The van der Waals surface area contributed by atoms with Crippen LogP contribution in [0.25, 0.3) is 0 Å². The van der Waals surface area contributed by atoms with E-state index in [1.165, 1.54) is 4.90 Å². The first-order valence-corrected chi connectivity index (χ1v) is 6.52. The molecule has 0 aromatic heterocycles. The van der Waals surface area contributed by atoms with Crippen LogP contribution in [0.15, 0.2) is 24.3 Å². The lowest BCUT2D eigenvalue weighted by Gasteiger charge is -2.24. The number of amides is 1. The number of benzene rings is 1. The first-order chi connectivity index (χ1) is 9.02. The second-order valence-corrected chi connectivity index (χ2v) is 5.47. The molecule has 0 bridgehead atoms. The summed E-state index contributed by atoms with van der Waals surface area (Å²) < 4.78 is 25.3. The molecule has 19 heavy (non-hydrogen) atoms. The van der Waals surface area contributed by atoms with Crippen LogP contribution >= 0.6 is 11.6 Å². The maximum atomic E-state index is 12.6. The van der Waals surface area contributed by atoms with Crippen molar-refractivity contribution >= 4 is 17.5 Å². The molecule has 1 unspecified atom stereocenters. The quantitative estimate of drug-likeness (QED) is 0.926. The summed E-state index contributed by atoms with van der Waals surface area (Å²) in [6.07, 6.45) is -1.58. The highest BCUT2D eigenvalue weighted by Gasteiger charge is 2.59. The van der Waals surface area contributed by atoms with Crippen molar-refractivity contribution in [1.29, 1.82) is 0 Å². The van der Waals surface area contributed by atoms with E-state index in [4.69, 9.17) is 11.6 Å². The van der Waals surface area contributed by atoms with Crippen LogP contribution in [-0.4, -0.2) is 29.3 Å². The van der Waals surface area contributed by atoms with Gasteiger partial charge < -0.3 is 4.90 Å². The van der Waals surface area contributed by atoms with Gasteiger partial charge in [0.2, 0.25) is 5.91 Å². The molecule has 1 atom stereocenters. The summed E-state index contributed by atoms with van der Waals surface area (Å²) in [7, 11) is 0. The Morgan fingerprint density at radius 1 is 1.37 bits per heavy atom. The van der Waals surface area contributed by atoms with Gasteiger partial charge in [-0.3, -0.25) is 10.1 Å². The third kappa shape index (κ3) is 2.21. The molecule has 1 amide bonds. The highest BCUT2D eigenvalue weighted by molar-refractivity contribution is 6.30. The number of nitrogens with one attached hydrogen (secondary N) is 1. The van der Waals surface area contributed by atoms with E-state index in [0.29, 0.717) is 5.02 Å². The zero-order chi connectivity index (χ0) is 13.6. The van der Waals surface area contributed by atoms with Crippen molar-refractivity contribution in [2.45, 2.75) is 31.0 Å². The van der Waals surface area contributed by atoms with Crippen molar-refractivity contribution in [3.63, 3.8) is 0 Å². The lowest BCUT2D eigenvalue weighted by Crippen LogP contribution is -2.35. The molecule has 1 spiro atoms. The van der Waals surface area contributed by atoms with Crippen molar-refractivity contribution in [3.8, 4) is 0 Å². The molecule has 1 heterocycles. The Balaban J connectivity index is 1.89. The molecule has 1 N–H and O–H groups in total. The monoisotopic (exact) mass is 286 g/mol. The van der Waals surface area contributed by atoms with E-state index in [1.807, 2.05) is 0 Å². The third-order valence-corrected chi connectivity index (χ3v) is 3.92. The molecule has 1 aliphatic carbocycles. The Kier molecular flexibility index (Phi) is 2.98. The largest absolute Gasteiger partial charge is 0.316 e. The minimum absolute atomic E-state index is 0.215. The zero-order valence-corrected chi connectivity index (χ0v) is 10.8. The fourth-order valence-corrected chi connectivity index (χ4v) is 2.65. The number of hydrogen-bond donors (Lipinski definition) is 1. The number of carbonyl (C=O) groups is 1. The third-order valence-electron chi connectivity index (χ3n) is 3.67. The lowest BCUT2D eigenvalue weighted by atomic mass is 10.1. The molecular weight excluding hydrogens is 274 g/mol. The van der Waals surface area contributed by atoms with Crippen molar-refractivity contribution in [2.75, 3.05) is 6.54 Å². The fourth-order valence-electron chi connectivity index (χ4n) is 2.52. The summed E-state index contributed by atoms with van der Waals surface area (Å²) >= 11 is 5.82. The molecule has 1 saturated carbocycles. The Morgan fingerprint density at radius 3 is 2.53 bits per heavy atom. The molecule has 2 fully saturated rings. The molecule has 1 aliphatic heterocycles. The van der Waals surface area contributed by atoms with Gasteiger partial charge in [0.05, 0.1) is 6.54 Å². The van der Waals surface area contributed by atoms with E-state index in [0.717, 1.165) is 18.4 Å². The van der Waals surface area contributed by atoms with Gasteiger partial charge in [-0.05, 0) is 30.5 Å². The molecule has 3 nitrogen and oxygen atoms in total. The summed E-state index contributed by atoms with van der Waals surface area (Å²) in [5.74, 6) is -0.215. The van der Waals surface area contributed by atoms with Gasteiger partial charge in [-0.25, -0.2) is 8.78 Å². The summed E-state index contributed by atoms with van der Waals surface area (Å²) in [5, 5.41) is 3.76. The average Bonchev–Trinajstić information content (AvgIpc) is 3.09. The van der Waals surface area contributed by atoms with Crippen LogP contribution in [0.3, 0.4) is 0 Å². The summed E-state index contributed by atoms with van der Waals surface area (Å²) in [4.78, 5) is 13.4. The van der Waals surface area contributed by atoms with Crippen LogP contribution in [0.4, 0.5) is 8.78 Å². The smallest absolute Gasteiger partial charge is 0.255 e. The van der Waals surface area contributed by atoms with Crippen LogP contribution in [-0.2, 0) is 4.79 Å². The van der Waals surface area contributed by atoms with Gasteiger partial charge in [0, 0.05) is 5.02 Å². The van der Waals surface area contributed by atoms with E-state index in [9.17, 15) is 13.6 Å². The minimum atomic E-state index is -2.53. The Labute approximate surface area is 114 Å². The van der Waals surface area contributed by atoms with Gasteiger partial charge in [-0.15, -0.1) is 0 Å². The van der Waals surface area contributed by atoms with E-state index >= 15 is 0 Å². The number of alkyl halides is 2. The topological polar surface area (TPSA) is 32.3 Å². The molecule has 3 rings (SSSR count). The van der Waals surface area contributed by atoms with Crippen LogP contribution in [0, 0.1) is 0 Å². The van der Waals surface area contributed by atoms with Crippen LogP contribution in [0.5, 0.6) is 0 Å². The van der Waals surface area contributed by atoms with Gasteiger partial charge in [-0.2, -0.15) is 0 Å². The zero-order valence-electron chi connectivity index (χ0n) is 10.1. The number of hydrogen-bond acceptors (Lipinski definition) is 2. The number of nitrogens with zero attached hydrogens (tertiary/aromatic N) is 1. The maximum absolute atomic E-state index is 12.6. The SMILES string of the molecule is O=C1N(CC(F)F)C(c2ccc(Cl)cc2)NC12CC2. The van der Waals surface area contributed by atoms with Gasteiger partial charge in [-0.1, -0.05) is 23.7 Å². The van der Waals surface area contributed by atoms with Crippen LogP contribution in [0.1, 0.15) is 24.6 Å². The van der Waals surface area contributed by atoms with E-state index in [1.54, 1.807) is 24.3 Å². The van der Waals surface area contributed by atoms with Crippen LogP contribution in [0.2, 0.25) is 5.02 Å². The molecule has 1 aromatic carbocycles. The predicted molar refractivity (Wildman–Crippen MR) is 67.0 cm³/mol. The second-order valence-electron chi connectivity index (χ2n) is 5.03. The maximum Gasteiger partial charge on any atom is 0.255 e. The van der Waals surface area contributed by atoms with E-state index in [2.05, 4.69) is 5.32 Å². The fraction of sp³-hybridized carbons (Fsp3) is 0.462. The Hall–Kier alpha value is -1.20. The predicted octanol–water partition coefficient (Wildman–Crippen LogP) is 2.57. The molecule has 1 saturated heterocycles. The summed E-state index contributed by atoms with van der Waals surface area (Å²) in [5.41, 5.74) is 0.182. The number of halogens is 3. The number of rotatable bonds is 3. The highest BCUT2D eigenvalue weighted by Crippen LogP contribution is 2.46. The van der Waals surface area contributed by atoms with Crippen molar-refractivity contribution in [2.24, 2.45) is 0 Å². The van der Waals surface area contributed by atoms with Gasteiger partial charge >= 0.3 is 0 Å². The lowest BCUT2D eigenvalue weighted by molar-refractivity contribution is -0.132. The van der Waals surface area contributed by atoms with E-state index < -0.39 is 24.7 Å². The number of carbonyl (C=O) groups excluding carboxylic acids is 1. The standard InChI is InChI=1S/C13H13ClF2N2O/c14-9-3-1-8(2-4-9)11-17-13(5-6-13)12(19)18(11)7-10(15)16/h1-4,10-11,17H,5-7H2. The normalized spacial score (nSPS) is 24.5. The molecule has 2 aliphatic rings. The molecule has 0 radical (unpaired) electrons. The first kappa shape index (κ1) is 12.8. The van der Waals surface area contributed by atoms with Gasteiger partial charge in [0.15, 0.2) is 0 Å². The summed E-state index contributed by atoms with van der Waals surface area (Å²) in [6, 6.07) is 6.91. The average molecular weight is 287 g/mol.